The zero-order chi connectivity index (χ0) is 16.1. The van der Waals surface area contributed by atoms with Crippen LogP contribution in [0.4, 0.5) is 27.8 Å². The molecule has 0 spiro atoms. The van der Waals surface area contributed by atoms with Gasteiger partial charge in [0.25, 0.3) is 0 Å². The van der Waals surface area contributed by atoms with E-state index in [-0.39, 0.29) is 18.2 Å². The molecule has 0 saturated carbocycles. The van der Waals surface area contributed by atoms with Crippen molar-refractivity contribution < 1.29 is 27.3 Å². The Balaban J connectivity index is 0.00000264. The quantitative estimate of drug-likeness (QED) is 0.692. The van der Waals surface area contributed by atoms with Gasteiger partial charge in [0, 0.05) is 11.8 Å². The number of carbonyl (C=O) groups is 1. The molecule has 124 valence electrons. The molecule has 0 radical (unpaired) electrons. The molecule has 0 unspecified atom stereocenters. The third-order valence-electron chi connectivity index (χ3n) is 3.38. The lowest BCUT2D eigenvalue weighted by molar-refractivity contribution is -0.482. The number of nitrogens with one attached hydrogen (secondary N) is 1. The maximum Gasteiger partial charge on any atom is 0.517 e. The molecule has 0 aliphatic heterocycles. The molecule has 2 aromatic rings. The first kappa shape index (κ1) is 18.7. The lowest BCUT2D eigenvalue weighted by atomic mass is 10.1. The van der Waals surface area contributed by atoms with Crippen LogP contribution in [0.3, 0.4) is 0 Å². The molecule has 1 amide bonds. The zero-order valence-electron chi connectivity index (χ0n) is 13.4. The normalized spacial score (nSPS) is 9.87. The lowest BCUT2D eigenvalue weighted by Crippen LogP contribution is -3.00. The first-order valence-corrected chi connectivity index (χ1v) is 7.12. The standard InChI is InChI=1S/C16H20N4O2.ClH/c1-4-22-16(21)19-13-8-9-14(20-15(13)17)18-12-7-5-6-10(2)11(12)3;/h5-9H,4H2,1-3H3,(H,19,21)(H3,17,18,20);1H. The predicted molar refractivity (Wildman–Crippen MR) is 86.5 cm³/mol. The van der Waals surface area contributed by atoms with Crippen LogP contribution < -0.4 is 28.8 Å². The number of anilines is 3. The number of pyridine rings is 1. The number of ether oxygens (including phenoxy) is 1. The Labute approximate surface area is 141 Å². The van der Waals surface area contributed by atoms with Crippen molar-refractivity contribution in [1.29, 1.82) is 0 Å². The van der Waals surface area contributed by atoms with Crippen molar-refractivity contribution in [2.75, 3.05) is 17.7 Å². The number of quaternary nitrogens is 1. The van der Waals surface area contributed by atoms with Gasteiger partial charge in [0.2, 0.25) is 0 Å². The van der Waals surface area contributed by atoms with E-state index in [9.17, 15) is 4.79 Å². The van der Waals surface area contributed by atoms with Gasteiger partial charge in [-0.2, -0.15) is 4.79 Å². The van der Waals surface area contributed by atoms with Gasteiger partial charge in [-0.1, -0.05) is 12.1 Å². The molecule has 23 heavy (non-hydrogen) atoms. The highest BCUT2D eigenvalue weighted by atomic mass is 35.5. The molecule has 6 nitrogen and oxygen atoms in total. The zero-order valence-corrected chi connectivity index (χ0v) is 14.1. The maximum atomic E-state index is 11.4. The Kier molecular flexibility index (Phi) is 6.81. The van der Waals surface area contributed by atoms with Gasteiger partial charge in [-0.25, -0.2) is 10.3 Å². The Bertz CT molecular complexity index is 692. The number of aromatic nitrogens is 1. The van der Waals surface area contributed by atoms with Gasteiger partial charge >= 0.3 is 6.09 Å². The highest BCUT2D eigenvalue weighted by Gasteiger charge is 2.13. The molecular weight excluding hydrogens is 316 g/mol. The van der Waals surface area contributed by atoms with Crippen molar-refractivity contribution in [3.8, 4) is 0 Å². The largest absolute Gasteiger partial charge is 1.00 e. The lowest BCUT2D eigenvalue weighted by Gasteiger charge is -2.11. The van der Waals surface area contributed by atoms with Crippen LogP contribution in [-0.4, -0.2) is 17.7 Å². The summed E-state index contributed by atoms with van der Waals surface area (Å²) >= 11 is 0. The summed E-state index contributed by atoms with van der Waals surface area (Å²) in [6.07, 6.45) is -0.425. The van der Waals surface area contributed by atoms with E-state index in [1.54, 1.807) is 19.1 Å². The van der Waals surface area contributed by atoms with Crippen LogP contribution in [0.2, 0.25) is 0 Å². The third-order valence-corrected chi connectivity index (χ3v) is 3.38. The van der Waals surface area contributed by atoms with Gasteiger partial charge in [0.1, 0.15) is 5.82 Å². The van der Waals surface area contributed by atoms with E-state index in [1.165, 1.54) is 10.9 Å². The van der Waals surface area contributed by atoms with Crippen molar-refractivity contribution in [3.05, 3.63) is 41.5 Å². The summed E-state index contributed by atoms with van der Waals surface area (Å²) < 4.78 is 4.86. The molecule has 0 bridgehead atoms. The van der Waals surface area contributed by atoms with Crippen molar-refractivity contribution in [3.63, 3.8) is 0 Å². The SMILES string of the molecule is CCOC(=O)[NH2+]c1ccc(Nc2cccc(C)c2C)nc1N.[Cl-]. The fraction of sp³-hybridized carbons (Fsp3) is 0.250. The Hall–Kier alpha value is -2.31. The monoisotopic (exact) mass is 336 g/mol. The van der Waals surface area contributed by atoms with Crippen LogP contribution >= 0.6 is 0 Å². The molecule has 1 heterocycles. The number of nitrogens with zero attached hydrogens (tertiary/aromatic N) is 1. The second-order valence-electron chi connectivity index (χ2n) is 4.94. The third kappa shape index (κ3) is 4.84. The second-order valence-corrected chi connectivity index (χ2v) is 4.94. The van der Waals surface area contributed by atoms with E-state index in [1.807, 2.05) is 19.1 Å². The summed E-state index contributed by atoms with van der Waals surface area (Å²) in [5.41, 5.74) is 9.78. The van der Waals surface area contributed by atoms with E-state index in [4.69, 9.17) is 10.5 Å². The van der Waals surface area contributed by atoms with E-state index in [0.717, 1.165) is 11.3 Å². The maximum absolute atomic E-state index is 11.4. The number of nitrogens with two attached hydrogens (primary N) is 2. The molecular formula is C16H21ClN4O2. The number of primary amides is 1. The molecule has 0 aliphatic carbocycles. The fourth-order valence-electron chi connectivity index (χ4n) is 2.01. The van der Waals surface area contributed by atoms with Gasteiger partial charge in [0.15, 0.2) is 11.5 Å². The van der Waals surface area contributed by atoms with Crippen LogP contribution in [0.25, 0.3) is 0 Å². The number of amides is 1. The molecule has 0 saturated heterocycles. The molecule has 1 aromatic heterocycles. The van der Waals surface area contributed by atoms with Gasteiger partial charge in [-0.3, -0.25) is 0 Å². The topological polar surface area (TPSA) is 93.8 Å². The molecule has 7 heteroatoms. The Morgan fingerprint density at radius 2 is 2.04 bits per heavy atom. The van der Waals surface area contributed by atoms with E-state index >= 15 is 0 Å². The van der Waals surface area contributed by atoms with E-state index < -0.39 is 6.09 Å². The minimum atomic E-state index is -0.425. The summed E-state index contributed by atoms with van der Waals surface area (Å²) in [5, 5.41) is 4.58. The minimum Gasteiger partial charge on any atom is -1.00 e. The van der Waals surface area contributed by atoms with Crippen LogP contribution in [-0.2, 0) is 4.74 Å². The van der Waals surface area contributed by atoms with Crippen molar-refractivity contribution >= 4 is 29.1 Å². The number of halogens is 1. The van der Waals surface area contributed by atoms with E-state index in [0.29, 0.717) is 18.1 Å². The molecule has 1 aromatic carbocycles. The Morgan fingerprint density at radius 3 is 2.70 bits per heavy atom. The number of rotatable bonds is 4. The number of aryl methyl sites for hydroxylation is 1. The molecule has 0 atom stereocenters. The Morgan fingerprint density at radius 1 is 1.30 bits per heavy atom. The summed E-state index contributed by atoms with van der Waals surface area (Å²) in [7, 11) is 0. The van der Waals surface area contributed by atoms with Gasteiger partial charge in [-0.05, 0) is 44.0 Å². The molecule has 5 N–H and O–H groups in total. The summed E-state index contributed by atoms with van der Waals surface area (Å²) in [6, 6.07) is 9.55. The van der Waals surface area contributed by atoms with Crippen molar-refractivity contribution in [2.24, 2.45) is 0 Å². The van der Waals surface area contributed by atoms with Crippen LogP contribution in [0.1, 0.15) is 18.1 Å². The van der Waals surface area contributed by atoms with Crippen LogP contribution in [0.15, 0.2) is 30.3 Å². The number of carbonyl (C=O) groups excluding carboxylic acids is 1. The highest BCUT2D eigenvalue weighted by Crippen LogP contribution is 2.23. The smallest absolute Gasteiger partial charge is 0.517 e. The average Bonchev–Trinajstić information content (AvgIpc) is 2.47. The number of hydrogen-bond acceptors (Lipinski definition) is 5. The molecule has 2 rings (SSSR count). The van der Waals surface area contributed by atoms with Gasteiger partial charge in [-0.15, -0.1) is 0 Å². The van der Waals surface area contributed by atoms with Gasteiger partial charge < -0.3 is 28.2 Å². The van der Waals surface area contributed by atoms with Crippen LogP contribution in [0.5, 0.6) is 0 Å². The van der Waals surface area contributed by atoms with Crippen LogP contribution in [0, 0.1) is 13.8 Å². The fourth-order valence-corrected chi connectivity index (χ4v) is 2.01. The van der Waals surface area contributed by atoms with Crippen molar-refractivity contribution in [2.45, 2.75) is 20.8 Å². The average molecular weight is 337 g/mol. The summed E-state index contributed by atoms with van der Waals surface area (Å²) in [6.45, 7) is 6.18. The predicted octanol–water partition coefficient (Wildman–Crippen LogP) is -0.620. The number of hydrogen-bond donors (Lipinski definition) is 3. The first-order chi connectivity index (χ1) is 10.5. The number of benzene rings is 1. The van der Waals surface area contributed by atoms with Gasteiger partial charge in [0.05, 0.1) is 6.61 Å². The highest BCUT2D eigenvalue weighted by molar-refractivity contribution is 5.68. The van der Waals surface area contributed by atoms with Crippen molar-refractivity contribution in [1.82, 2.24) is 4.98 Å². The molecule has 0 aliphatic rings. The first-order valence-electron chi connectivity index (χ1n) is 7.12. The number of nitrogen functional groups attached to an aromatic ring is 1. The summed E-state index contributed by atoms with van der Waals surface area (Å²) in [5.74, 6) is 0.913. The molecule has 0 fully saturated rings. The summed E-state index contributed by atoms with van der Waals surface area (Å²) in [4.78, 5) is 15.7. The van der Waals surface area contributed by atoms with E-state index in [2.05, 4.69) is 23.3 Å². The second kappa shape index (κ2) is 8.36. The minimum absolute atomic E-state index is 0.